The summed E-state index contributed by atoms with van der Waals surface area (Å²) in [6.45, 7) is 11.1. The zero-order valence-corrected chi connectivity index (χ0v) is 19.5. The highest BCUT2D eigenvalue weighted by Crippen LogP contribution is 2.44. The van der Waals surface area contributed by atoms with Gasteiger partial charge in [0.2, 0.25) is 0 Å². The fraction of sp³-hybridized carbons (Fsp3) is 0.478. The van der Waals surface area contributed by atoms with Crippen LogP contribution < -0.4 is 10.6 Å². The Morgan fingerprint density at radius 3 is 2.55 bits per heavy atom. The molecule has 2 N–H and O–H groups in total. The predicted molar refractivity (Wildman–Crippen MR) is 126 cm³/mol. The maximum atomic E-state index is 12.7. The van der Waals surface area contributed by atoms with Gasteiger partial charge in [0, 0.05) is 10.6 Å². The third-order valence-electron chi connectivity index (χ3n) is 5.51. The molecule has 1 aromatic heterocycles. The number of carbonyl (C=O) groups is 1. The van der Waals surface area contributed by atoms with Gasteiger partial charge in [0.1, 0.15) is 5.00 Å². The first-order valence-electron chi connectivity index (χ1n) is 10.2. The molecule has 2 aromatic rings. The number of esters is 1. The van der Waals surface area contributed by atoms with Gasteiger partial charge in [-0.1, -0.05) is 38.5 Å². The quantitative estimate of drug-likeness (QED) is 0.447. The lowest BCUT2D eigenvalue weighted by Crippen LogP contribution is -2.26. The van der Waals surface area contributed by atoms with Gasteiger partial charge in [0.25, 0.3) is 0 Å². The van der Waals surface area contributed by atoms with Crippen molar-refractivity contribution < 1.29 is 9.53 Å². The molecule has 0 aliphatic heterocycles. The van der Waals surface area contributed by atoms with Crippen LogP contribution in [0.4, 0.5) is 10.7 Å². The number of carbonyl (C=O) groups excluding carboxylic acids is 1. The van der Waals surface area contributed by atoms with Gasteiger partial charge < -0.3 is 15.4 Å². The Labute approximate surface area is 183 Å². The molecule has 1 aliphatic rings. The lowest BCUT2D eigenvalue weighted by atomic mass is 9.72. The highest BCUT2D eigenvalue weighted by atomic mass is 32.1. The van der Waals surface area contributed by atoms with E-state index in [4.69, 9.17) is 17.0 Å². The van der Waals surface area contributed by atoms with E-state index in [-0.39, 0.29) is 11.4 Å². The number of thiophene rings is 1. The highest BCUT2D eigenvalue weighted by Gasteiger charge is 2.34. The number of rotatable bonds is 4. The third-order valence-corrected chi connectivity index (χ3v) is 6.88. The van der Waals surface area contributed by atoms with Gasteiger partial charge in [-0.2, -0.15) is 0 Å². The van der Waals surface area contributed by atoms with Gasteiger partial charge >= 0.3 is 5.97 Å². The van der Waals surface area contributed by atoms with Crippen molar-refractivity contribution in [2.24, 2.45) is 11.3 Å². The summed E-state index contributed by atoms with van der Waals surface area (Å²) >= 11 is 7.15. The van der Waals surface area contributed by atoms with Gasteiger partial charge in [-0.05, 0) is 74.4 Å². The molecule has 29 heavy (non-hydrogen) atoms. The zero-order valence-electron chi connectivity index (χ0n) is 17.8. The fourth-order valence-corrected chi connectivity index (χ4v) is 5.34. The van der Waals surface area contributed by atoms with Crippen LogP contribution in [0.3, 0.4) is 0 Å². The van der Waals surface area contributed by atoms with E-state index in [0.717, 1.165) is 35.5 Å². The average molecular weight is 431 g/mol. The minimum Gasteiger partial charge on any atom is -0.462 e. The van der Waals surface area contributed by atoms with Crippen molar-refractivity contribution in [2.45, 2.75) is 53.9 Å². The molecule has 0 spiro atoms. The smallest absolute Gasteiger partial charge is 0.341 e. The van der Waals surface area contributed by atoms with E-state index in [1.54, 1.807) is 11.3 Å². The number of fused-ring (bicyclic) bond motifs is 1. The number of thiocarbonyl (C=S) groups is 1. The van der Waals surface area contributed by atoms with Crippen LogP contribution in [0.15, 0.2) is 24.3 Å². The number of benzene rings is 1. The SMILES string of the molecule is CCOC(=O)c1c(NC(=S)Nc2ccc(C)cc2)sc2c1CC[C@H](C(C)(C)C)C2. The largest absolute Gasteiger partial charge is 0.462 e. The average Bonchev–Trinajstić information content (AvgIpc) is 3.00. The number of ether oxygens (including phenoxy) is 1. The van der Waals surface area contributed by atoms with E-state index in [0.29, 0.717) is 23.2 Å². The van der Waals surface area contributed by atoms with Crippen molar-refractivity contribution in [3.8, 4) is 0 Å². The number of hydrogen-bond donors (Lipinski definition) is 2. The van der Waals surface area contributed by atoms with Gasteiger partial charge in [-0.15, -0.1) is 11.3 Å². The Balaban J connectivity index is 1.85. The maximum Gasteiger partial charge on any atom is 0.341 e. The molecular weight excluding hydrogens is 400 g/mol. The van der Waals surface area contributed by atoms with Crippen molar-refractivity contribution in [1.82, 2.24) is 0 Å². The van der Waals surface area contributed by atoms with Crippen LogP contribution in [0, 0.1) is 18.3 Å². The highest BCUT2D eigenvalue weighted by molar-refractivity contribution is 7.80. The summed E-state index contributed by atoms with van der Waals surface area (Å²) in [5.41, 5.74) is 4.15. The second kappa shape index (κ2) is 8.84. The van der Waals surface area contributed by atoms with Crippen LogP contribution in [-0.2, 0) is 17.6 Å². The molecular formula is C23H30N2O2S2. The van der Waals surface area contributed by atoms with Gasteiger partial charge in [0.15, 0.2) is 5.11 Å². The molecule has 0 saturated carbocycles. The molecule has 6 heteroatoms. The van der Waals surface area contributed by atoms with E-state index in [1.165, 1.54) is 10.4 Å². The normalized spacial score (nSPS) is 16.1. The molecule has 4 nitrogen and oxygen atoms in total. The number of anilines is 2. The second-order valence-corrected chi connectivity index (χ2v) is 10.2. The number of nitrogens with one attached hydrogen (secondary N) is 2. The molecule has 1 heterocycles. The molecule has 156 valence electrons. The van der Waals surface area contributed by atoms with Crippen LogP contribution in [-0.4, -0.2) is 17.7 Å². The fourth-order valence-electron chi connectivity index (χ4n) is 3.73. The lowest BCUT2D eigenvalue weighted by molar-refractivity contribution is 0.0526. The summed E-state index contributed by atoms with van der Waals surface area (Å²) in [6.07, 6.45) is 2.99. The summed E-state index contributed by atoms with van der Waals surface area (Å²) < 4.78 is 5.36. The molecule has 0 bridgehead atoms. The lowest BCUT2D eigenvalue weighted by Gasteiger charge is -2.33. The molecule has 1 aliphatic carbocycles. The van der Waals surface area contributed by atoms with Crippen LogP contribution in [0.5, 0.6) is 0 Å². The first-order chi connectivity index (χ1) is 13.7. The summed E-state index contributed by atoms with van der Waals surface area (Å²) in [5.74, 6) is 0.342. The van der Waals surface area contributed by atoms with Crippen molar-refractivity contribution in [1.29, 1.82) is 0 Å². The monoisotopic (exact) mass is 430 g/mol. The molecule has 0 amide bonds. The van der Waals surface area contributed by atoms with Crippen molar-refractivity contribution in [3.05, 3.63) is 45.8 Å². The van der Waals surface area contributed by atoms with E-state index in [2.05, 4.69) is 31.4 Å². The van der Waals surface area contributed by atoms with Crippen LogP contribution in [0.25, 0.3) is 0 Å². The van der Waals surface area contributed by atoms with E-state index in [9.17, 15) is 4.79 Å². The van der Waals surface area contributed by atoms with E-state index >= 15 is 0 Å². The molecule has 0 saturated heterocycles. The summed E-state index contributed by atoms with van der Waals surface area (Å²) in [5, 5.41) is 7.73. The minimum atomic E-state index is -0.264. The molecule has 1 aromatic carbocycles. The summed E-state index contributed by atoms with van der Waals surface area (Å²) in [7, 11) is 0. The van der Waals surface area contributed by atoms with Crippen LogP contribution in [0.2, 0.25) is 0 Å². The summed E-state index contributed by atoms with van der Waals surface area (Å²) in [6, 6.07) is 8.04. The summed E-state index contributed by atoms with van der Waals surface area (Å²) in [4.78, 5) is 14.0. The molecule has 0 radical (unpaired) electrons. The van der Waals surface area contributed by atoms with Gasteiger partial charge in [-0.3, -0.25) is 0 Å². The Hall–Kier alpha value is -1.92. The third kappa shape index (κ3) is 5.17. The predicted octanol–water partition coefficient (Wildman–Crippen LogP) is 6.19. The molecule has 0 fully saturated rings. The minimum absolute atomic E-state index is 0.252. The first-order valence-corrected chi connectivity index (χ1v) is 11.4. The Bertz CT molecular complexity index is 895. The van der Waals surface area contributed by atoms with Crippen molar-refractivity contribution in [3.63, 3.8) is 0 Å². The van der Waals surface area contributed by atoms with Gasteiger partial charge in [0.05, 0.1) is 12.2 Å². The standard InChI is InChI=1S/C23H30N2O2S2/c1-6-27-21(26)19-17-12-9-15(23(3,4)5)13-18(17)29-20(19)25-22(28)24-16-10-7-14(2)8-11-16/h7-8,10-11,15H,6,9,12-13H2,1-5H3,(H2,24,25,28)/t15-/m0/s1. The zero-order chi connectivity index (χ0) is 21.2. The van der Waals surface area contributed by atoms with E-state index in [1.807, 2.05) is 38.1 Å². The van der Waals surface area contributed by atoms with Crippen LogP contribution >= 0.6 is 23.6 Å². The van der Waals surface area contributed by atoms with Crippen molar-refractivity contribution in [2.75, 3.05) is 17.2 Å². The topological polar surface area (TPSA) is 50.4 Å². The maximum absolute atomic E-state index is 12.7. The Kier molecular flexibility index (Phi) is 6.64. The van der Waals surface area contributed by atoms with Crippen LogP contribution in [0.1, 0.15) is 60.5 Å². The van der Waals surface area contributed by atoms with Crippen molar-refractivity contribution >= 4 is 45.3 Å². The Morgan fingerprint density at radius 1 is 1.24 bits per heavy atom. The van der Waals surface area contributed by atoms with Gasteiger partial charge in [-0.25, -0.2) is 4.79 Å². The van der Waals surface area contributed by atoms with E-state index < -0.39 is 0 Å². The first kappa shape index (κ1) is 21.8. The molecule has 1 atom stereocenters. The second-order valence-electron chi connectivity index (χ2n) is 8.68. The molecule has 3 rings (SSSR count). The Morgan fingerprint density at radius 2 is 1.93 bits per heavy atom. The molecule has 0 unspecified atom stereocenters. The number of aryl methyl sites for hydroxylation is 1. The number of hydrogen-bond acceptors (Lipinski definition) is 4.